The largest absolute Gasteiger partial charge is 0.461 e. The standard InChI is InChI=1S/C11H21NO3/c1-4-12-11(2,3)10(13)15-9-5-7-14-8-6-9/h9,12H,4-8H2,1-3H3. The number of carbonyl (C=O) groups is 1. The first kappa shape index (κ1) is 12.5. The van der Waals surface area contributed by atoms with Crippen molar-refractivity contribution in [2.45, 2.75) is 45.3 Å². The zero-order chi connectivity index (χ0) is 11.3. The van der Waals surface area contributed by atoms with Crippen LogP contribution in [0.1, 0.15) is 33.6 Å². The molecule has 1 aliphatic heterocycles. The quantitative estimate of drug-likeness (QED) is 0.713. The number of rotatable bonds is 4. The van der Waals surface area contributed by atoms with Crippen molar-refractivity contribution in [3.8, 4) is 0 Å². The SMILES string of the molecule is CCNC(C)(C)C(=O)OC1CCOCC1. The van der Waals surface area contributed by atoms with Gasteiger partial charge in [-0.15, -0.1) is 0 Å². The summed E-state index contributed by atoms with van der Waals surface area (Å²) in [7, 11) is 0. The van der Waals surface area contributed by atoms with E-state index in [4.69, 9.17) is 9.47 Å². The van der Waals surface area contributed by atoms with Crippen molar-refractivity contribution in [1.82, 2.24) is 5.32 Å². The van der Waals surface area contributed by atoms with Crippen molar-refractivity contribution in [1.29, 1.82) is 0 Å². The number of esters is 1. The van der Waals surface area contributed by atoms with Gasteiger partial charge in [0.1, 0.15) is 11.6 Å². The Morgan fingerprint density at radius 1 is 1.47 bits per heavy atom. The van der Waals surface area contributed by atoms with E-state index in [0.717, 1.165) is 19.4 Å². The van der Waals surface area contributed by atoms with Crippen LogP contribution in [0.25, 0.3) is 0 Å². The van der Waals surface area contributed by atoms with Gasteiger partial charge < -0.3 is 14.8 Å². The molecule has 0 aromatic heterocycles. The van der Waals surface area contributed by atoms with Crippen LogP contribution in [-0.4, -0.2) is 37.4 Å². The Morgan fingerprint density at radius 2 is 2.07 bits per heavy atom. The lowest BCUT2D eigenvalue weighted by Crippen LogP contribution is -2.49. The van der Waals surface area contributed by atoms with Gasteiger partial charge in [-0.05, 0) is 20.4 Å². The van der Waals surface area contributed by atoms with Crippen LogP contribution < -0.4 is 5.32 Å². The highest BCUT2D eigenvalue weighted by molar-refractivity contribution is 5.79. The summed E-state index contributed by atoms with van der Waals surface area (Å²) in [6.45, 7) is 7.81. The zero-order valence-corrected chi connectivity index (χ0v) is 9.84. The predicted octanol–water partition coefficient (Wildman–Crippen LogP) is 1.10. The Hall–Kier alpha value is -0.610. The van der Waals surface area contributed by atoms with Crippen LogP contribution in [0, 0.1) is 0 Å². The first-order valence-electron chi connectivity index (χ1n) is 5.60. The van der Waals surface area contributed by atoms with Crippen LogP contribution >= 0.6 is 0 Å². The Labute approximate surface area is 91.3 Å². The van der Waals surface area contributed by atoms with E-state index in [9.17, 15) is 4.79 Å². The van der Waals surface area contributed by atoms with E-state index in [2.05, 4.69) is 5.32 Å². The second-order valence-corrected chi connectivity index (χ2v) is 4.37. The summed E-state index contributed by atoms with van der Waals surface area (Å²) in [5, 5.41) is 3.11. The molecule has 1 fully saturated rings. The fourth-order valence-corrected chi connectivity index (χ4v) is 1.61. The van der Waals surface area contributed by atoms with Gasteiger partial charge in [-0.2, -0.15) is 0 Å². The number of ether oxygens (including phenoxy) is 2. The molecule has 1 aliphatic rings. The third-order valence-corrected chi connectivity index (χ3v) is 2.57. The van der Waals surface area contributed by atoms with E-state index in [1.807, 2.05) is 20.8 Å². The average molecular weight is 215 g/mol. The number of nitrogens with one attached hydrogen (secondary N) is 1. The summed E-state index contributed by atoms with van der Waals surface area (Å²) in [4.78, 5) is 11.8. The molecule has 0 amide bonds. The number of hydrogen-bond donors (Lipinski definition) is 1. The Morgan fingerprint density at radius 3 is 2.60 bits per heavy atom. The smallest absolute Gasteiger partial charge is 0.326 e. The molecule has 0 bridgehead atoms. The van der Waals surface area contributed by atoms with Crippen LogP contribution in [0.5, 0.6) is 0 Å². The lowest BCUT2D eigenvalue weighted by atomic mass is 10.1. The summed E-state index contributed by atoms with van der Waals surface area (Å²) < 4.78 is 10.6. The molecule has 0 saturated carbocycles. The molecule has 15 heavy (non-hydrogen) atoms. The van der Waals surface area contributed by atoms with Gasteiger partial charge in [0, 0.05) is 12.8 Å². The Balaban J connectivity index is 2.39. The molecule has 1 N–H and O–H groups in total. The second-order valence-electron chi connectivity index (χ2n) is 4.37. The van der Waals surface area contributed by atoms with Crippen LogP contribution in [0.15, 0.2) is 0 Å². The van der Waals surface area contributed by atoms with Crippen molar-refractivity contribution in [3.05, 3.63) is 0 Å². The zero-order valence-electron chi connectivity index (χ0n) is 9.84. The summed E-state index contributed by atoms with van der Waals surface area (Å²) >= 11 is 0. The summed E-state index contributed by atoms with van der Waals surface area (Å²) in [6.07, 6.45) is 1.66. The van der Waals surface area contributed by atoms with E-state index in [1.165, 1.54) is 0 Å². The fourth-order valence-electron chi connectivity index (χ4n) is 1.61. The van der Waals surface area contributed by atoms with Gasteiger partial charge in [0.25, 0.3) is 0 Å². The molecule has 1 saturated heterocycles. The average Bonchev–Trinajstić information content (AvgIpc) is 2.19. The molecular formula is C11H21NO3. The number of likely N-dealkylation sites (N-methyl/N-ethyl adjacent to an activating group) is 1. The maximum Gasteiger partial charge on any atom is 0.326 e. The van der Waals surface area contributed by atoms with Gasteiger partial charge in [0.15, 0.2) is 0 Å². The van der Waals surface area contributed by atoms with E-state index in [-0.39, 0.29) is 12.1 Å². The number of hydrogen-bond acceptors (Lipinski definition) is 4. The highest BCUT2D eigenvalue weighted by Gasteiger charge is 2.30. The molecule has 88 valence electrons. The minimum atomic E-state index is -0.590. The van der Waals surface area contributed by atoms with Gasteiger partial charge in [0.2, 0.25) is 0 Å². The lowest BCUT2D eigenvalue weighted by molar-refractivity contribution is -0.159. The van der Waals surface area contributed by atoms with Crippen molar-refractivity contribution in [3.63, 3.8) is 0 Å². The molecule has 0 atom stereocenters. The van der Waals surface area contributed by atoms with Crippen molar-refractivity contribution >= 4 is 5.97 Å². The molecule has 1 rings (SSSR count). The van der Waals surface area contributed by atoms with E-state index in [1.54, 1.807) is 0 Å². The second kappa shape index (κ2) is 5.47. The minimum absolute atomic E-state index is 0.0316. The fraction of sp³-hybridized carbons (Fsp3) is 0.909. The maximum atomic E-state index is 11.8. The first-order chi connectivity index (χ1) is 7.06. The molecule has 0 aromatic carbocycles. The molecule has 0 aromatic rings. The van der Waals surface area contributed by atoms with Gasteiger partial charge in [-0.25, -0.2) is 0 Å². The monoisotopic (exact) mass is 215 g/mol. The van der Waals surface area contributed by atoms with Gasteiger partial charge in [-0.1, -0.05) is 6.92 Å². The summed E-state index contributed by atoms with van der Waals surface area (Å²) in [5.41, 5.74) is -0.590. The van der Waals surface area contributed by atoms with Gasteiger partial charge >= 0.3 is 5.97 Å². The lowest BCUT2D eigenvalue weighted by Gasteiger charge is -2.28. The molecular weight excluding hydrogens is 194 g/mol. The van der Waals surface area contributed by atoms with E-state index in [0.29, 0.717) is 13.2 Å². The summed E-state index contributed by atoms with van der Waals surface area (Å²) in [6, 6.07) is 0. The third-order valence-electron chi connectivity index (χ3n) is 2.57. The van der Waals surface area contributed by atoms with Crippen LogP contribution in [-0.2, 0) is 14.3 Å². The highest BCUT2D eigenvalue weighted by atomic mass is 16.6. The summed E-state index contributed by atoms with van der Waals surface area (Å²) in [5.74, 6) is -0.170. The van der Waals surface area contributed by atoms with E-state index < -0.39 is 5.54 Å². The van der Waals surface area contributed by atoms with Crippen LogP contribution in [0.4, 0.5) is 0 Å². The van der Waals surface area contributed by atoms with Crippen molar-refractivity contribution in [2.75, 3.05) is 19.8 Å². The molecule has 4 nitrogen and oxygen atoms in total. The number of carbonyl (C=O) groups excluding carboxylic acids is 1. The Kier molecular flexibility index (Phi) is 4.54. The topological polar surface area (TPSA) is 47.6 Å². The molecule has 0 spiro atoms. The maximum absolute atomic E-state index is 11.8. The van der Waals surface area contributed by atoms with E-state index >= 15 is 0 Å². The Bertz CT molecular complexity index is 210. The first-order valence-corrected chi connectivity index (χ1v) is 5.60. The molecule has 0 unspecified atom stereocenters. The normalized spacial score (nSPS) is 18.9. The minimum Gasteiger partial charge on any atom is -0.461 e. The van der Waals surface area contributed by atoms with Crippen LogP contribution in [0.3, 0.4) is 0 Å². The molecule has 4 heteroatoms. The predicted molar refractivity (Wildman–Crippen MR) is 57.7 cm³/mol. The highest BCUT2D eigenvalue weighted by Crippen LogP contribution is 2.14. The molecule has 0 radical (unpaired) electrons. The van der Waals surface area contributed by atoms with Crippen molar-refractivity contribution < 1.29 is 14.3 Å². The van der Waals surface area contributed by atoms with Crippen LogP contribution in [0.2, 0.25) is 0 Å². The van der Waals surface area contributed by atoms with Gasteiger partial charge in [0.05, 0.1) is 13.2 Å². The molecule has 0 aliphatic carbocycles. The molecule has 1 heterocycles. The third kappa shape index (κ3) is 3.80. The van der Waals surface area contributed by atoms with Gasteiger partial charge in [-0.3, -0.25) is 4.79 Å². The van der Waals surface area contributed by atoms with Crippen molar-refractivity contribution in [2.24, 2.45) is 0 Å².